The van der Waals surface area contributed by atoms with Crippen LogP contribution in [0.1, 0.15) is 27.6 Å². The average Bonchev–Trinajstić information content (AvgIpc) is 2.86. The van der Waals surface area contributed by atoms with Crippen LogP contribution in [-0.4, -0.2) is 10.9 Å². The van der Waals surface area contributed by atoms with Crippen molar-refractivity contribution in [3.8, 4) is 11.3 Å². The second-order valence-electron chi connectivity index (χ2n) is 5.60. The van der Waals surface area contributed by atoms with Gasteiger partial charge in [0.1, 0.15) is 17.3 Å². The van der Waals surface area contributed by atoms with Crippen molar-refractivity contribution in [1.82, 2.24) is 4.98 Å². The molecule has 4 nitrogen and oxygen atoms in total. The lowest BCUT2D eigenvalue weighted by atomic mass is 10.1. The number of amides is 1. The first-order chi connectivity index (χ1) is 11.5. The lowest BCUT2D eigenvalue weighted by molar-refractivity contribution is 0.102. The number of aromatic nitrogens is 1. The number of halogens is 1. The van der Waals surface area contributed by atoms with E-state index in [1.807, 2.05) is 19.1 Å². The highest BCUT2D eigenvalue weighted by molar-refractivity contribution is 6.05. The number of benzene rings is 2. The number of oxazole rings is 1. The first kappa shape index (κ1) is 15.9. The minimum Gasteiger partial charge on any atom is -0.446 e. The molecule has 0 aliphatic rings. The Morgan fingerprint density at radius 1 is 1.08 bits per heavy atom. The van der Waals surface area contributed by atoms with Gasteiger partial charge in [0.05, 0.1) is 5.56 Å². The zero-order chi connectivity index (χ0) is 17.3. The molecule has 0 radical (unpaired) electrons. The van der Waals surface area contributed by atoms with Crippen LogP contribution in [0.4, 0.5) is 10.1 Å². The van der Waals surface area contributed by atoms with Crippen molar-refractivity contribution < 1.29 is 13.6 Å². The van der Waals surface area contributed by atoms with Crippen LogP contribution in [0.2, 0.25) is 0 Å². The van der Waals surface area contributed by atoms with Gasteiger partial charge in [-0.25, -0.2) is 9.37 Å². The standard InChI is InChI=1S/C19H17FN2O2/c1-11-5-4-6-16(20)17(11)19(23)22-15-9-7-14(8-10-15)18-12(2)24-13(3)21-18/h4-10H,1-3H3,(H,22,23). The summed E-state index contributed by atoms with van der Waals surface area (Å²) in [6, 6.07) is 11.8. The molecule has 5 heteroatoms. The SMILES string of the molecule is Cc1nc(-c2ccc(NC(=O)c3c(C)cccc3F)cc2)c(C)o1. The third-order valence-electron chi connectivity index (χ3n) is 3.77. The van der Waals surface area contributed by atoms with Gasteiger partial charge in [-0.2, -0.15) is 0 Å². The van der Waals surface area contributed by atoms with E-state index < -0.39 is 11.7 Å². The second-order valence-corrected chi connectivity index (χ2v) is 5.60. The summed E-state index contributed by atoms with van der Waals surface area (Å²) in [5, 5.41) is 2.72. The summed E-state index contributed by atoms with van der Waals surface area (Å²) in [5.41, 5.74) is 2.91. The van der Waals surface area contributed by atoms with Crippen molar-refractivity contribution in [3.63, 3.8) is 0 Å². The summed E-state index contributed by atoms with van der Waals surface area (Å²) >= 11 is 0. The number of nitrogens with one attached hydrogen (secondary N) is 1. The van der Waals surface area contributed by atoms with E-state index in [0.717, 1.165) is 17.0 Å². The van der Waals surface area contributed by atoms with E-state index in [0.29, 0.717) is 17.1 Å². The summed E-state index contributed by atoms with van der Waals surface area (Å²) < 4.78 is 19.3. The van der Waals surface area contributed by atoms with E-state index in [1.165, 1.54) is 6.07 Å². The minimum absolute atomic E-state index is 0.0598. The number of hydrogen-bond acceptors (Lipinski definition) is 3. The molecule has 0 spiro atoms. The van der Waals surface area contributed by atoms with Crippen LogP contribution in [0, 0.1) is 26.6 Å². The Labute approximate surface area is 139 Å². The van der Waals surface area contributed by atoms with Crippen molar-refractivity contribution in [2.45, 2.75) is 20.8 Å². The van der Waals surface area contributed by atoms with E-state index in [-0.39, 0.29) is 5.56 Å². The number of hydrogen-bond donors (Lipinski definition) is 1. The van der Waals surface area contributed by atoms with Gasteiger partial charge in [-0.1, -0.05) is 24.3 Å². The fraction of sp³-hybridized carbons (Fsp3) is 0.158. The Morgan fingerprint density at radius 2 is 1.79 bits per heavy atom. The predicted molar refractivity (Wildman–Crippen MR) is 90.5 cm³/mol. The molecule has 1 N–H and O–H groups in total. The Kier molecular flexibility index (Phi) is 4.16. The monoisotopic (exact) mass is 324 g/mol. The first-order valence-electron chi connectivity index (χ1n) is 7.56. The lowest BCUT2D eigenvalue weighted by Gasteiger charge is -2.09. The average molecular weight is 324 g/mol. The van der Waals surface area contributed by atoms with Gasteiger partial charge in [-0.3, -0.25) is 4.79 Å². The number of carbonyl (C=O) groups excluding carboxylic acids is 1. The molecule has 2 aromatic carbocycles. The third-order valence-corrected chi connectivity index (χ3v) is 3.77. The minimum atomic E-state index is -0.530. The summed E-state index contributed by atoms with van der Waals surface area (Å²) in [7, 11) is 0. The molecule has 0 saturated carbocycles. The number of rotatable bonds is 3. The Morgan fingerprint density at radius 3 is 2.38 bits per heavy atom. The number of nitrogens with zero attached hydrogens (tertiary/aromatic N) is 1. The number of aryl methyl sites for hydroxylation is 3. The molecule has 1 heterocycles. The molecule has 0 atom stereocenters. The smallest absolute Gasteiger partial charge is 0.258 e. The van der Waals surface area contributed by atoms with Gasteiger partial charge >= 0.3 is 0 Å². The van der Waals surface area contributed by atoms with E-state index in [2.05, 4.69) is 10.3 Å². The topological polar surface area (TPSA) is 55.1 Å². The second kappa shape index (κ2) is 6.28. The van der Waals surface area contributed by atoms with E-state index in [1.54, 1.807) is 38.1 Å². The van der Waals surface area contributed by atoms with Crippen LogP contribution in [0.3, 0.4) is 0 Å². The Hall–Kier alpha value is -2.95. The zero-order valence-corrected chi connectivity index (χ0v) is 13.7. The molecule has 0 unspecified atom stereocenters. The fourth-order valence-corrected chi connectivity index (χ4v) is 2.62. The molecule has 3 rings (SSSR count). The first-order valence-corrected chi connectivity index (χ1v) is 7.56. The van der Waals surface area contributed by atoms with Gasteiger partial charge in [0.25, 0.3) is 5.91 Å². The van der Waals surface area contributed by atoms with Crippen molar-refractivity contribution in [2.24, 2.45) is 0 Å². The highest BCUT2D eigenvalue weighted by atomic mass is 19.1. The molecule has 0 bridgehead atoms. The van der Waals surface area contributed by atoms with Gasteiger partial charge in [-0.05, 0) is 37.6 Å². The normalized spacial score (nSPS) is 10.7. The van der Waals surface area contributed by atoms with Gasteiger partial charge in [0, 0.05) is 18.2 Å². The van der Waals surface area contributed by atoms with Gasteiger partial charge in [-0.15, -0.1) is 0 Å². The lowest BCUT2D eigenvalue weighted by Crippen LogP contribution is -2.15. The maximum Gasteiger partial charge on any atom is 0.258 e. The third kappa shape index (κ3) is 3.06. The van der Waals surface area contributed by atoms with Crippen LogP contribution in [-0.2, 0) is 0 Å². The predicted octanol–water partition coefficient (Wildman–Crippen LogP) is 4.66. The summed E-state index contributed by atoms with van der Waals surface area (Å²) in [6.07, 6.45) is 0. The molecule has 1 aromatic heterocycles. The summed E-state index contributed by atoms with van der Waals surface area (Å²) in [6.45, 7) is 5.35. The van der Waals surface area contributed by atoms with Crippen LogP contribution in [0.25, 0.3) is 11.3 Å². The van der Waals surface area contributed by atoms with E-state index in [4.69, 9.17) is 4.42 Å². The fourth-order valence-electron chi connectivity index (χ4n) is 2.62. The highest BCUT2D eigenvalue weighted by Crippen LogP contribution is 2.25. The Bertz CT molecular complexity index is 878. The number of carbonyl (C=O) groups is 1. The summed E-state index contributed by atoms with van der Waals surface area (Å²) in [4.78, 5) is 16.6. The molecule has 0 aliphatic carbocycles. The molecular formula is C19H17FN2O2. The zero-order valence-electron chi connectivity index (χ0n) is 13.7. The van der Waals surface area contributed by atoms with E-state index in [9.17, 15) is 9.18 Å². The molecule has 122 valence electrons. The van der Waals surface area contributed by atoms with Crippen LogP contribution in [0.15, 0.2) is 46.9 Å². The van der Waals surface area contributed by atoms with Crippen molar-refractivity contribution >= 4 is 11.6 Å². The van der Waals surface area contributed by atoms with Crippen LogP contribution < -0.4 is 5.32 Å². The molecule has 3 aromatic rings. The highest BCUT2D eigenvalue weighted by Gasteiger charge is 2.15. The largest absolute Gasteiger partial charge is 0.446 e. The molecule has 0 aliphatic heterocycles. The van der Waals surface area contributed by atoms with Crippen molar-refractivity contribution in [3.05, 3.63) is 71.1 Å². The van der Waals surface area contributed by atoms with Gasteiger partial charge in [0.15, 0.2) is 5.89 Å². The Balaban J connectivity index is 1.82. The van der Waals surface area contributed by atoms with Crippen LogP contribution in [0.5, 0.6) is 0 Å². The van der Waals surface area contributed by atoms with Gasteiger partial charge < -0.3 is 9.73 Å². The maximum atomic E-state index is 13.9. The molecule has 1 amide bonds. The molecule has 0 fully saturated rings. The molecular weight excluding hydrogens is 307 g/mol. The van der Waals surface area contributed by atoms with Crippen LogP contribution >= 0.6 is 0 Å². The molecule has 24 heavy (non-hydrogen) atoms. The summed E-state index contributed by atoms with van der Waals surface area (Å²) in [5.74, 6) is 0.353. The van der Waals surface area contributed by atoms with Gasteiger partial charge in [0.2, 0.25) is 0 Å². The quantitative estimate of drug-likeness (QED) is 0.762. The van der Waals surface area contributed by atoms with Crippen molar-refractivity contribution in [2.75, 3.05) is 5.32 Å². The maximum absolute atomic E-state index is 13.9. The van der Waals surface area contributed by atoms with E-state index >= 15 is 0 Å². The molecule has 0 saturated heterocycles. The van der Waals surface area contributed by atoms with Crippen molar-refractivity contribution in [1.29, 1.82) is 0 Å². The number of anilines is 1.